The van der Waals surface area contributed by atoms with Crippen molar-refractivity contribution in [3.8, 4) is 0 Å². The fourth-order valence-electron chi connectivity index (χ4n) is 5.90. The number of rotatable bonds is 7. The van der Waals surface area contributed by atoms with Crippen molar-refractivity contribution in [2.24, 2.45) is 0 Å². The maximum Gasteiger partial charge on any atom is 0.258 e. The number of carbonyl (C=O) groups excluding carboxylic acids is 1. The van der Waals surface area contributed by atoms with Crippen molar-refractivity contribution in [2.75, 3.05) is 11.4 Å². The molecule has 1 aliphatic carbocycles. The first-order valence-corrected chi connectivity index (χ1v) is 15.7. The zero-order chi connectivity index (χ0) is 32.0. The van der Waals surface area contributed by atoms with E-state index in [1.165, 1.54) is 35.8 Å². The number of pyridine rings is 1. The van der Waals surface area contributed by atoms with Gasteiger partial charge in [0, 0.05) is 18.4 Å². The van der Waals surface area contributed by atoms with Gasteiger partial charge in [-0.3, -0.25) is 14.6 Å². The summed E-state index contributed by atoms with van der Waals surface area (Å²) in [5.74, 6) is -12.8. The second-order valence-corrected chi connectivity index (χ2v) is 12.9. The minimum Gasteiger partial charge on any atom is -0.313 e. The number of halogens is 5. The molecule has 1 atom stereocenters. The van der Waals surface area contributed by atoms with Crippen LogP contribution in [0.15, 0.2) is 52.5 Å². The van der Waals surface area contributed by atoms with E-state index in [0.717, 1.165) is 31.2 Å². The van der Waals surface area contributed by atoms with Crippen molar-refractivity contribution in [3.05, 3.63) is 93.6 Å². The second kappa shape index (κ2) is 11.9. The van der Waals surface area contributed by atoms with E-state index in [-0.39, 0.29) is 29.6 Å². The van der Waals surface area contributed by atoms with E-state index < -0.39 is 68.1 Å². The SMILES string of the molecule is O=C(C1CCN1S(=O)(=O)c1c(F)c(F)c(F)c(F)c1F)N(Cc1ccc(C2CCCCC2)cn1)c1ccc2c(=O)[nH]cnc2c1. The molecule has 2 aromatic heterocycles. The number of anilines is 1. The minimum absolute atomic E-state index is 0.0937. The first-order valence-electron chi connectivity index (χ1n) is 14.3. The number of sulfonamides is 1. The van der Waals surface area contributed by atoms with Gasteiger partial charge < -0.3 is 9.88 Å². The molecule has 1 saturated heterocycles. The largest absolute Gasteiger partial charge is 0.313 e. The molecular formula is C30H26F5N5O4S. The van der Waals surface area contributed by atoms with Gasteiger partial charge in [-0.25, -0.2) is 35.4 Å². The molecule has 0 radical (unpaired) electrons. The van der Waals surface area contributed by atoms with Gasteiger partial charge in [-0.05, 0) is 55.0 Å². The Morgan fingerprint density at radius 1 is 0.911 bits per heavy atom. The lowest BCUT2D eigenvalue weighted by molar-refractivity contribution is -0.125. The summed E-state index contributed by atoms with van der Waals surface area (Å²) in [4.78, 5) is 36.5. The number of H-pyrrole nitrogens is 1. The maximum atomic E-state index is 14.5. The summed E-state index contributed by atoms with van der Waals surface area (Å²) < 4.78 is 97.5. The third-order valence-electron chi connectivity index (χ3n) is 8.44. The van der Waals surface area contributed by atoms with Crippen LogP contribution in [0.4, 0.5) is 27.6 Å². The molecule has 1 unspecified atom stereocenters. The molecule has 236 valence electrons. The Bertz CT molecular complexity index is 1940. The Morgan fingerprint density at radius 3 is 2.22 bits per heavy atom. The van der Waals surface area contributed by atoms with Crippen LogP contribution in [-0.4, -0.2) is 46.2 Å². The topological polar surface area (TPSA) is 116 Å². The number of aromatic nitrogens is 3. The Labute approximate surface area is 253 Å². The van der Waals surface area contributed by atoms with Crippen LogP contribution >= 0.6 is 0 Å². The van der Waals surface area contributed by atoms with Gasteiger partial charge in [0.05, 0.1) is 29.5 Å². The molecule has 0 bridgehead atoms. The number of amides is 1. The average Bonchev–Trinajstić information content (AvgIpc) is 3.01. The fraction of sp³-hybridized carbons (Fsp3) is 0.333. The molecule has 2 aliphatic rings. The number of aromatic amines is 1. The molecule has 1 N–H and O–H groups in total. The van der Waals surface area contributed by atoms with Crippen molar-refractivity contribution in [2.45, 2.75) is 61.9 Å². The minimum atomic E-state index is -5.35. The van der Waals surface area contributed by atoms with Crippen LogP contribution in [0.5, 0.6) is 0 Å². The summed E-state index contributed by atoms with van der Waals surface area (Å²) in [5, 5.41) is 0.225. The second-order valence-electron chi connectivity index (χ2n) is 11.1. The average molecular weight is 648 g/mol. The lowest BCUT2D eigenvalue weighted by atomic mass is 9.85. The number of nitrogens with one attached hydrogen (secondary N) is 1. The van der Waals surface area contributed by atoms with Crippen LogP contribution in [0.25, 0.3) is 10.9 Å². The molecule has 9 nitrogen and oxygen atoms in total. The Kier molecular flexibility index (Phi) is 8.16. The number of hydrogen-bond acceptors (Lipinski definition) is 6. The lowest BCUT2D eigenvalue weighted by Gasteiger charge is -2.41. The molecule has 1 saturated carbocycles. The third-order valence-corrected chi connectivity index (χ3v) is 10.4. The molecular weight excluding hydrogens is 621 g/mol. The molecule has 1 aliphatic heterocycles. The van der Waals surface area contributed by atoms with Crippen LogP contribution in [-0.2, 0) is 21.4 Å². The summed E-state index contributed by atoms with van der Waals surface area (Å²) in [5.41, 5.74) is 1.52. The Hall–Kier alpha value is -4.24. The molecule has 6 rings (SSSR count). The molecule has 0 spiro atoms. The van der Waals surface area contributed by atoms with Gasteiger partial charge >= 0.3 is 0 Å². The predicted molar refractivity (Wildman–Crippen MR) is 152 cm³/mol. The monoisotopic (exact) mass is 647 g/mol. The van der Waals surface area contributed by atoms with E-state index in [4.69, 9.17) is 0 Å². The molecule has 2 aromatic carbocycles. The number of carbonyl (C=O) groups is 1. The zero-order valence-electron chi connectivity index (χ0n) is 23.6. The van der Waals surface area contributed by atoms with Crippen LogP contribution < -0.4 is 10.5 Å². The summed E-state index contributed by atoms with van der Waals surface area (Å²) in [6, 6.07) is 6.47. The quantitative estimate of drug-likeness (QED) is 0.170. The smallest absolute Gasteiger partial charge is 0.258 e. The zero-order valence-corrected chi connectivity index (χ0v) is 24.4. The highest BCUT2D eigenvalue weighted by molar-refractivity contribution is 7.89. The van der Waals surface area contributed by atoms with Crippen molar-refractivity contribution >= 4 is 32.5 Å². The van der Waals surface area contributed by atoms with E-state index in [9.17, 15) is 40.0 Å². The van der Waals surface area contributed by atoms with Gasteiger partial charge in [0.25, 0.3) is 5.56 Å². The van der Waals surface area contributed by atoms with E-state index in [1.54, 1.807) is 12.3 Å². The highest BCUT2D eigenvalue weighted by Crippen LogP contribution is 2.36. The summed E-state index contributed by atoms with van der Waals surface area (Å²) in [6.45, 7) is -0.569. The van der Waals surface area contributed by atoms with E-state index >= 15 is 0 Å². The third kappa shape index (κ3) is 5.47. The number of benzene rings is 2. The van der Waals surface area contributed by atoms with Gasteiger partial charge in [0.2, 0.25) is 21.7 Å². The van der Waals surface area contributed by atoms with Gasteiger partial charge in [0.1, 0.15) is 6.04 Å². The van der Waals surface area contributed by atoms with Gasteiger partial charge in [-0.15, -0.1) is 0 Å². The van der Waals surface area contributed by atoms with Crippen molar-refractivity contribution in [3.63, 3.8) is 0 Å². The highest BCUT2D eigenvalue weighted by Gasteiger charge is 2.48. The highest BCUT2D eigenvalue weighted by atomic mass is 32.2. The Balaban J connectivity index is 1.35. The molecule has 4 aromatic rings. The van der Waals surface area contributed by atoms with Crippen molar-refractivity contribution < 1.29 is 35.2 Å². The van der Waals surface area contributed by atoms with Crippen LogP contribution in [0.2, 0.25) is 0 Å². The molecule has 1 amide bonds. The van der Waals surface area contributed by atoms with E-state index in [2.05, 4.69) is 15.0 Å². The van der Waals surface area contributed by atoms with Gasteiger partial charge in [-0.2, -0.15) is 4.31 Å². The fourth-order valence-corrected chi connectivity index (χ4v) is 7.64. The van der Waals surface area contributed by atoms with Crippen LogP contribution in [0, 0.1) is 29.1 Å². The molecule has 2 fully saturated rings. The maximum absolute atomic E-state index is 14.5. The van der Waals surface area contributed by atoms with Crippen LogP contribution in [0.1, 0.15) is 55.7 Å². The van der Waals surface area contributed by atoms with Crippen molar-refractivity contribution in [1.82, 2.24) is 19.3 Å². The predicted octanol–water partition coefficient (Wildman–Crippen LogP) is 5.06. The number of nitrogens with zero attached hydrogens (tertiary/aromatic N) is 4. The number of fused-ring (bicyclic) bond motifs is 1. The standard InChI is InChI=1S/C30H26F5N5O4S/c31-23-24(32)26(34)28(27(35)25(23)33)45(43,44)40-11-10-22(40)30(42)39(19-8-9-20-21(12-19)37-15-38-29(20)41)14-18-7-6-17(13-36-18)16-4-2-1-3-5-16/h6-9,12-13,15-16,22H,1-5,10-11,14H2,(H,37,38,41). The lowest BCUT2D eigenvalue weighted by Crippen LogP contribution is -2.59. The van der Waals surface area contributed by atoms with Gasteiger partial charge in [0.15, 0.2) is 28.2 Å². The summed E-state index contributed by atoms with van der Waals surface area (Å²) >= 11 is 0. The summed E-state index contributed by atoms with van der Waals surface area (Å²) in [7, 11) is -5.35. The first kappa shape index (κ1) is 30.8. The Morgan fingerprint density at radius 2 is 1.60 bits per heavy atom. The molecule has 15 heteroatoms. The number of hydrogen-bond donors (Lipinski definition) is 1. The normalized spacial score (nSPS) is 17.8. The molecule has 3 heterocycles. The summed E-state index contributed by atoms with van der Waals surface area (Å²) in [6.07, 6.45) is 8.34. The first-order chi connectivity index (χ1) is 21.5. The molecule has 45 heavy (non-hydrogen) atoms. The van der Waals surface area contributed by atoms with Gasteiger partial charge in [-0.1, -0.05) is 25.3 Å². The van der Waals surface area contributed by atoms with E-state index in [0.29, 0.717) is 15.9 Å². The van der Waals surface area contributed by atoms with Crippen molar-refractivity contribution in [1.29, 1.82) is 0 Å². The van der Waals surface area contributed by atoms with Crippen LogP contribution in [0.3, 0.4) is 0 Å². The van der Waals surface area contributed by atoms with E-state index in [1.807, 2.05) is 6.07 Å².